The van der Waals surface area contributed by atoms with Gasteiger partial charge in [-0.15, -0.1) is 0 Å². The molecule has 0 radical (unpaired) electrons. The topological polar surface area (TPSA) is 9.86 Å². The van der Waals surface area contributed by atoms with Crippen LogP contribution in [0, 0.1) is 0 Å². The van der Waals surface area contributed by atoms with Gasteiger partial charge in [-0.25, -0.2) is 0 Å². The Hall–Kier alpha value is -10.5. The van der Waals surface area contributed by atoms with Gasteiger partial charge in [0.25, 0.3) is 0 Å². The van der Waals surface area contributed by atoms with E-state index < -0.39 is 0 Å². The van der Waals surface area contributed by atoms with Crippen LogP contribution in [0.5, 0.6) is 0 Å². The van der Waals surface area contributed by atoms with Gasteiger partial charge in [0.15, 0.2) is 0 Å². The fourth-order valence-corrected chi connectivity index (χ4v) is 13.6. The van der Waals surface area contributed by atoms with Crippen molar-refractivity contribution in [3.63, 3.8) is 0 Å². The number of aryl methyl sites for hydroxylation is 1. The summed E-state index contributed by atoms with van der Waals surface area (Å²) < 4.78 is 4.88. The third-order valence-electron chi connectivity index (χ3n) is 17.8. The van der Waals surface area contributed by atoms with Crippen LogP contribution in [-0.4, -0.2) is 9.13 Å². The fraction of sp³-hybridized carbons (Fsp3) is 0.0488. The molecule has 2 nitrogen and oxygen atoms in total. The molecule has 0 saturated carbocycles. The van der Waals surface area contributed by atoms with Crippen molar-refractivity contribution in [1.29, 1.82) is 0 Å². The zero-order valence-electron chi connectivity index (χ0n) is 46.8. The van der Waals surface area contributed by atoms with Crippen LogP contribution in [-0.2, 0) is 6.54 Å². The Morgan fingerprint density at radius 2 is 0.548 bits per heavy atom. The lowest BCUT2D eigenvalue weighted by Gasteiger charge is -2.18. The Morgan fingerprint density at radius 3 is 0.881 bits per heavy atom. The third kappa shape index (κ3) is 8.40. The molecule has 15 aromatic rings. The summed E-state index contributed by atoms with van der Waals surface area (Å²) in [5.74, 6) is 0. The monoisotopic (exact) mass is 1070 g/mol. The average Bonchev–Trinajstić information content (AvgIpc) is 2.50. The Bertz CT molecular complexity index is 5040. The number of allylic oxidation sites excluding steroid dienone is 4. The summed E-state index contributed by atoms with van der Waals surface area (Å²) in [7, 11) is 0. The van der Waals surface area contributed by atoms with E-state index in [0.717, 1.165) is 19.4 Å². The number of hydrogen-bond donors (Lipinski definition) is 0. The number of rotatable bonds is 10. The smallest absolute Gasteiger partial charge is 0.0541 e. The Labute approximate surface area is 489 Å². The van der Waals surface area contributed by atoms with Crippen molar-refractivity contribution < 1.29 is 0 Å². The molecule has 0 unspecified atom stereocenters. The minimum Gasteiger partial charge on any atom is -0.341 e. The average molecular weight is 1070 g/mol. The first kappa shape index (κ1) is 49.3. The van der Waals surface area contributed by atoms with E-state index in [1.165, 1.54) is 160 Å². The van der Waals surface area contributed by atoms with Crippen LogP contribution < -0.4 is 0 Å². The maximum atomic E-state index is 2.44. The molecule has 0 spiro atoms. The van der Waals surface area contributed by atoms with Gasteiger partial charge < -0.3 is 9.13 Å². The van der Waals surface area contributed by atoms with Crippen molar-refractivity contribution in [2.24, 2.45) is 0 Å². The second-order valence-electron chi connectivity index (χ2n) is 22.5. The lowest BCUT2D eigenvalue weighted by molar-refractivity contribution is 0.827. The van der Waals surface area contributed by atoms with Crippen LogP contribution in [0.1, 0.15) is 19.8 Å². The SMILES string of the molecule is CCn1c2ccc(-c3ccccc3)cc2c2cc(-c3ccc(-c4ccc(-c5c6ccccc6c(-c6ccc(-c7ccc(-c8ccc9c(c8)c8cc(-c%10ccccc%10)ccc8n9C8=CCCC=C8)cc7)cc6)c6ccccc56)cc4)cc3)ccc21. The van der Waals surface area contributed by atoms with Crippen LogP contribution in [0.15, 0.2) is 297 Å². The van der Waals surface area contributed by atoms with Gasteiger partial charge in [-0.2, -0.15) is 0 Å². The lowest BCUT2D eigenvalue weighted by Crippen LogP contribution is -1.97. The third-order valence-corrected chi connectivity index (χ3v) is 17.8. The quantitative estimate of drug-likeness (QED) is 0.121. The predicted octanol–water partition coefficient (Wildman–Crippen LogP) is 22.8. The molecule has 13 aromatic carbocycles. The first-order valence-electron chi connectivity index (χ1n) is 29.6. The van der Waals surface area contributed by atoms with Gasteiger partial charge in [0.05, 0.1) is 11.0 Å². The molecular weight excluding hydrogens is 1010 g/mol. The predicted molar refractivity (Wildman–Crippen MR) is 359 cm³/mol. The van der Waals surface area contributed by atoms with Crippen LogP contribution in [0.2, 0.25) is 0 Å². The van der Waals surface area contributed by atoms with Gasteiger partial charge in [-0.1, -0.05) is 243 Å². The van der Waals surface area contributed by atoms with Crippen molar-refractivity contribution in [3.8, 4) is 89.0 Å². The standard InChI is InChI=1S/C82H58N2/c1-2-83-77-46-42-64(54-16-6-3-7-17-54)50-73(77)74-51-66(43-47-78(74)83)60-30-26-56(27-31-60)58-34-38-62(39-35-58)81-69-22-12-14-24-71(69)82(72-25-15-13-23-70(72)81)63-40-36-59(37-41-63)57-28-32-61(33-29-57)67-45-49-80-76(53-67)75-52-65(55-18-8-4-9-19-55)44-48-79(75)84(80)68-20-10-5-11-21-68/h3-4,6-10,12-53H,2,5,11H2,1H3. The van der Waals surface area contributed by atoms with Crippen molar-refractivity contribution >= 4 is 70.9 Å². The molecule has 2 aromatic heterocycles. The molecule has 396 valence electrons. The summed E-state index contributed by atoms with van der Waals surface area (Å²) in [5.41, 5.74) is 25.8. The molecule has 0 fully saturated rings. The molecule has 0 atom stereocenters. The number of nitrogens with zero attached hydrogens (tertiary/aromatic N) is 2. The largest absolute Gasteiger partial charge is 0.341 e. The molecule has 0 saturated heterocycles. The van der Waals surface area contributed by atoms with E-state index in [0.29, 0.717) is 0 Å². The number of fused-ring (bicyclic) bond motifs is 8. The maximum absolute atomic E-state index is 2.44. The molecule has 2 heteroatoms. The van der Waals surface area contributed by atoms with Crippen molar-refractivity contribution in [2.45, 2.75) is 26.3 Å². The molecule has 0 aliphatic heterocycles. The minimum absolute atomic E-state index is 0.922. The summed E-state index contributed by atoms with van der Waals surface area (Å²) in [6.45, 7) is 3.16. The van der Waals surface area contributed by atoms with E-state index in [4.69, 9.17) is 0 Å². The molecule has 2 heterocycles. The molecule has 0 N–H and O–H groups in total. The van der Waals surface area contributed by atoms with E-state index >= 15 is 0 Å². The molecule has 84 heavy (non-hydrogen) atoms. The molecule has 1 aliphatic carbocycles. The molecule has 0 amide bonds. The highest BCUT2D eigenvalue weighted by Crippen LogP contribution is 2.45. The van der Waals surface area contributed by atoms with E-state index in [1.54, 1.807) is 0 Å². The first-order chi connectivity index (χ1) is 41.6. The van der Waals surface area contributed by atoms with Crippen LogP contribution in [0.3, 0.4) is 0 Å². The second-order valence-corrected chi connectivity index (χ2v) is 22.5. The highest BCUT2D eigenvalue weighted by atomic mass is 15.0. The van der Waals surface area contributed by atoms with E-state index in [9.17, 15) is 0 Å². The van der Waals surface area contributed by atoms with E-state index in [1.807, 2.05) is 0 Å². The van der Waals surface area contributed by atoms with Gasteiger partial charge in [0, 0.05) is 44.8 Å². The normalized spacial score (nSPS) is 12.6. The Morgan fingerprint density at radius 1 is 0.262 bits per heavy atom. The summed E-state index contributed by atoms with van der Waals surface area (Å²) >= 11 is 0. The van der Waals surface area contributed by atoms with Crippen molar-refractivity contribution in [2.75, 3.05) is 0 Å². The summed E-state index contributed by atoms with van der Waals surface area (Å²) in [6, 6.07) is 104. The van der Waals surface area contributed by atoms with Crippen molar-refractivity contribution in [1.82, 2.24) is 9.13 Å². The van der Waals surface area contributed by atoms with Gasteiger partial charge in [-0.3, -0.25) is 0 Å². The van der Waals surface area contributed by atoms with E-state index in [-0.39, 0.29) is 0 Å². The number of benzene rings is 13. The molecule has 0 bridgehead atoms. The lowest BCUT2D eigenvalue weighted by atomic mass is 9.85. The highest BCUT2D eigenvalue weighted by Gasteiger charge is 2.20. The summed E-state index contributed by atoms with van der Waals surface area (Å²) in [5, 5.41) is 10.1. The Balaban J connectivity index is 0.683. The molecule has 16 rings (SSSR count). The van der Waals surface area contributed by atoms with Gasteiger partial charge in [0.2, 0.25) is 0 Å². The van der Waals surface area contributed by atoms with Gasteiger partial charge >= 0.3 is 0 Å². The molecular formula is C82H58N2. The number of aromatic nitrogens is 2. The van der Waals surface area contributed by atoms with E-state index in [2.05, 4.69) is 313 Å². The second kappa shape index (κ2) is 20.5. The van der Waals surface area contributed by atoms with Crippen molar-refractivity contribution in [3.05, 3.63) is 297 Å². The minimum atomic E-state index is 0.922. The summed E-state index contributed by atoms with van der Waals surface area (Å²) in [6.07, 6.45) is 9.10. The Kier molecular flexibility index (Phi) is 12.0. The molecule has 1 aliphatic rings. The van der Waals surface area contributed by atoms with Gasteiger partial charge in [0.1, 0.15) is 0 Å². The zero-order chi connectivity index (χ0) is 55.7. The number of hydrogen-bond acceptors (Lipinski definition) is 0. The fourth-order valence-electron chi connectivity index (χ4n) is 13.6. The van der Waals surface area contributed by atoms with Gasteiger partial charge in [-0.05, 0) is 185 Å². The van der Waals surface area contributed by atoms with Crippen LogP contribution in [0.4, 0.5) is 0 Å². The highest BCUT2D eigenvalue weighted by molar-refractivity contribution is 6.21. The summed E-state index contributed by atoms with van der Waals surface area (Å²) in [4.78, 5) is 0. The van der Waals surface area contributed by atoms with Crippen LogP contribution >= 0.6 is 0 Å². The first-order valence-corrected chi connectivity index (χ1v) is 29.6. The zero-order valence-corrected chi connectivity index (χ0v) is 46.8. The maximum Gasteiger partial charge on any atom is 0.0541 e. The van der Waals surface area contributed by atoms with Crippen LogP contribution in [0.25, 0.3) is 160 Å².